The molecule has 206 valence electrons. The van der Waals surface area contributed by atoms with Gasteiger partial charge in [-0.05, 0) is 0 Å². The smallest absolute Gasteiger partial charge is 1.00 e. The Balaban J connectivity index is 0.00000253. The fourth-order valence-electron chi connectivity index (χ4n) is 6.46. The minimum absolute atomic E-state index is 0. The van der Waals surface area contributed by atoms with Crippen molar-refractivity contribution >= 4 is 36.9 Å². The Bertz CT molecular complexity index is 1380. The van der Waals surface area contributed by atoms with Crippen molar-refractivity contribution in [2.45, 2.75) is 73.1 Å². The molecule has 0 N–H and O–H groups in total. The number of allylic oxidation sites excluding steroid dienone is 4. The van der Waals surface area contributed by atoms with Crippen LogP contribution in [0.4, 0.5) is 0 Å². The van der Waals surface area contributed by atoms with E-state index in [0.29, 0.717) is 0 Å². The zero-order chi connectivity index (χ0) is 26.6. The van der Waals surface area contributed by atoms with Crippen LogP contribution in [0.1, 0.15) is 44.4 Å². The van der Waals surface area contributed by atoms with E-state index < -0.39 is 16.1 Å². The zero-order valence-electron chi connectivity index (χ0n) is 25.0. The summed E-state index contributed by atoms with van der Waals surface area (Å²) in [5.41, 5.74) is 8.65. The van der Waals surface area contributed by atoms with E-state index in [1.807, 2.05) is 0 Å². The standard InChI is InChI=1S/C33H41Si2.3ClH.Ti/c1-23-16-17-25(3)32(20-23)35(29-14-12-11-13-15-29,33(7)22-26(4)27(5)28(33)6)31-19-24(2)18-30(21-31)34(8,9)10;;;;/h11-21H,1-10H3;3*1H;/q;;;;+3/p-3. The SMILES string of the molecule is CC1=C(C)C(C)([Si](c2ccccc2)(c2cc(C)cc([Si](C)(C)C)c2)c2cc(C)ccc2C)[C]([Ti+3])=C1C.[Cl-].[Cl-].[Cl-]. The molecule has 0 nitrogen and oxygen atoms in total. The molecule has 1 aliphatic rings. The molecule has 0 fully saturated rings. The summed E-state index contributed by atoms with van der Waals surface area (Å²) in [4.78, 5) is 0. The minimum Gasteiger partial charge on any atom is -1.00 e. The molecule has 0 saturated carbocycles. The molecule has 0 saturated heterocycles. The fraction of sp³-hybridized carbons (Fsp3) is 0.333. The Morgan fingerprint density at radius 3 is 1.69 bits per heavy atom. The van der Waals surface area contributed by atoms with Crippen molar-refractivity contribution < 1.29 is 57.7 Å². The van der Waals surface area contributed by atoms with E-state index in [2.05, 4.69) is 155 Å². The first kappa shape index (κ1) is 36.2. The van der Waals surface area contributed by atoms with Crippen molar-refractivity contribution in [3.63, 3.8) is 0 Å². The third-order valence-corrected chi connectivity index (χ3v) is 18.5. The van der Waals surface area contributed by atoms with Crippen molar-refractivity contribution in [3.8, 4) is 0 Å². The van der Waals surface area contributed by atoms with Gasteiger partial charge in [-0.2, -0.15) is 0 Å². The molecule has 39 heavy (non-hydrogen) atoms. The second kappa shape index (κ2) is 13.0. The summed E-state index contributed by atoms with van der Waals surface area (Å²) in [7, 11) is -4.16. The van der Waals surface area contributed by atoms with Crippen LogP contribution < -0.4 is 58.0 Å². The molecule has 0 bridgehead atoms. The van der Waals surface area contributed by atoms with Crippen molar-refractivity contribution in [3.05, 3.63) is 104 Å². The van der Waals surface area contributed by atoms with Crippen LogP contribution >= 0.6 is 0 Å². The third kappa shape index (κ3) is 5.78. The number of hydrogen-bond donors (Lipinski definition) is 0. The van der Waals surface area contributed by atoms with Crippen molar-refractivity contribution in [2.24, 2.45) is 0 Å². The van der Waals surface area contributed by atoms with Gasteiger partial charge in [0.15, 0.2) is 0 Å². The van der Waals surface area contributed by atoms with Crippen LogP contribution in [0.15, 0.2) is 87.3 Å². The molecule has 3 aromatic carbocycles. The molecular weight excluding hydrogens is 607 g/mol. The maximum atomic E-state index is 2.63. The van der Waals surface area contributed by atoms with Crippen LogP contribution in [-0.2, 0) is 20.4 Å². The summed E-state index contributed by atoms with van der Waals surface area (Å²) in [6.07, 6.45) is 0. The van der Waals surface area contributed by atoms with Gasteiger partial charge in [-0.15, -0.1) is 0 Å². The van der Waals surface area contributed by atoms with Gasteiger partial charge in [-0.3, -0.25) is 0 Å². The molecule has 0 aliphatic heterocycles. The molecule has 3 aromatic rings. The van der Waals surface area contributed by atoms with Gasteiger partial charge in [-0.1, -0.05) is 0 Å². The van der Waals surface area contributed by atoms with Gasteiger partial charge in [0.1, 0.15) is 0 Å². The predicted molar refractivity (Wildman–Crippen MR) is 161 cm³/mol. The Hall–Kier alpha value is -0.842. The quantitative estimate of drug-likeness (QED) is 0.214. The van der Waals surface area contributed by atoms with E-state index in [1.165, 1.54) is 33.0 Å². The first-order chi connectivity index (χ1) is 16.8. The molecule has 4 rings (SSSR count). The van der Waals surface area contributed by atoms with Crippen molar-refractivity contribution in [2.75, 3.05) is 0 Å². The first-order valence-corrected chi connectivity index (χ1v) is 19.4. The largest absolute Gasteiger partial charge is 1.00 e. The van der Waals surface area contributed by atoms with Gasteiger partial charge in [0.2, 0.25) is 0 Å². The third-order valence-electron chi connectivity index (χ3n) is 8.88. The molecule has 2 atom stereocenters. The van der Waals surface area contributed by atoms with Crippen LogP contribution in [0.3, 0.4) is 0 Å². The van der Waals surface area contributed by atoms with Crippen LogP contribution in [0.2, 0.25) is 24.7 Å². The van der Waals surface area contributed by atoms with Crippen molar-refractivity contribution in [1.82, 2.24) is 0 Å². The Morgan fingerprint density at radius 1 is 0.615 bits per heavy atom. The average molecular weight is 648 g/mol. The maximum absolute atomic E-state index is 2.64. The predicted octanol–water partition coefficient (Wildman–Crippen LogP) is -2.43. The topological polar surface area (TPSA) is 0 Å². The first-order valence-electron chi connectivity index (χ1n) is 13.1. The summed E-state index contributed by atoms with van der Waals surface area (Å²) in [6.45, 7) is 24.0. The summed E-state index contributed by atoms with van der Waals surface area (Å²) in [5, 5.41) is 6.13. The molecule has 0 radical (unpaired) electrons. The van der Waals surface area contributed by atoms with E-state index in [9.17, 15) is 0 Å². The van der Waals surface area contributed by atoms with Crippen molar-refractivity contribution in [1.29, 1.82) is 0 Å². The van der Waals surface area contributed by atoms with E-state index >= 15 is 0 Å². The van der Waals surface area contributed by atoms with E-state index in [0.717, 1.165) is 0 Å². The number of hydrogen-bond acceptors (Lipinski definition) is 0. The van der Waals surface area contributed by atoms with Crippen LogP contribution in [-0.4, -0.2) is 16.1 Å². The number of benzene rings is 3. The van der Waals surface area contributed by atoms with Crippen LogP contribution in [0, 0.1) is 20.8 Å². The second-order valence-electron chi connectivity index (χ2n) is 12.1. The number of halogens is 3. The molecule has 0 heterocycles. The van der Waals surface area contributed by atoms with Gasteiger partial charge in [0, 0.05) is 0 Å². The molecule has 0 amide bonds. The zero-order valence-corrected chi connectivity index (χ0v) is 30.8. The molecule has 6 heteroatoms. The molecule has 2 unspecified atom stereocenters. The number of rotatable bonds is 5. The summed E-state index contributed by atoms with van der Waals surface area (Å²) >= 11 is 2.42. The summed E-state index contributed by atoms with van der Waals surface area (Å²) < 4.78 is 1.55. The normalized spacial score (nSPS) is 18.7. The monoisotopic (exact) mass is 646 g/mol. The van der Waals surface area contributed by atoms with E-state index in [1.54, 1.807) is 25.0 Å². The molecular formula is C33H41Cl3Si2Ti. The summed E-state index contributed by atoms with van der Waals surface area (Å²) in [6, 6.07) is 26.4. The Labute approximate surface area is 269 Å². The average Bonchev–Trinajstić information content (AvgIpc) is 2.97. The van der Waals surface area contributed by atoms with Crippen LogP contribution in [0.25, 0.3) is 0 Å². The van der Waals surface area contributed by atoms with E-state index in [4.69, 9.17) is 0 Å². The van der Waals surface area contributed by atoms with Crippen LogP contribution in [0.5, 0.6) is 0 Å². The maximum Gasteiger partial charge on any atom is -1.00 e. The Morgan fingerprint density at radius 2 is 1.18 bits per heavy atom. The minimum atomic E-state index is -2.64. The Kier molecular flexibility index (Phi) is 12.1. The van der Waals surface area contributed by atoms with Gasteiger partial charge < -0.3 is 37.2 Å². The van der Waals surface area contributed by atoms with E-state index in [-0.39, 0.29) is 42.3 Å². The van der Waals surface area contributed by atoms with Gasteiger partial charge in [0.25, 0.3) is 0 Å². The van der Waals surface area contributed by atoms with Gasteiger partial charge >= 0.3 is 234 Å². The van der Waals surface area contributed by atoms with Gasteiger partial charge in [-0.25, -0.2) is 0 Å². The second-order valence-corrected chi connectivity index (χ2v) is 22.2. The number of aryl methyl sites for hydroxylation is 3. The molecule has 0 aromatic heterocycles. The fourth-order valence-corrected chi connectivity index (χ4v) is 15.9. The molecule has 0 spiro atoms. The summed E-state index contributed by atoms with van der Waals surface area (Å²) in [5.74, 6) is 0. The molecule has 1 aliphatic carbocycles. The van der Waals surface area contributed by atoms with Gasteiger partial charge in [0.05, 0.1) is 0 Å².